The summed E-state index contributed by atoms with van der Waals surface area (Å²) >= 11 is 0. The first-order valence-corrected chi connectivity index (χ1v) is 10.7. The first-order chi connectivity index (χ1) is 16.1. The summed E-state index contributed by atoms with van der Waals surface area (Å²) in [7, 11) is 0. The number of carbonyl (C=O) groups is 2. The van der Waals surface area contributed by atoms with Crippen molar-refractivity contribution in [2.75, 3.05) is 18.5 Å². The number of anilines is 1. The zero-order valence-electron chi connectivity index (χ0n) is 18.7. The molecule has 0 unspecified atom stereocenters. The fourth-order valence-electron chi connectivity index (χ4n) is 2.98. The van der Waals surface area contributed by atoms with Gasteiger partial charge in [0, 0.05) is 17.6 Å². The van der Waals surface area contributed by atoms with Gasteiger partial charge in [0.15, 0.2) is 0 Å². The molecule has 0 aliphatic carbocycles. The van der Waals surface area contributed by atoms with Crippen LogP contribution in [-0.4, -0.2) is 31.4 Å². The first-order valence-electron chi connectivity index (χ1n) is 10.7. The van der Waals surface area contributed by atoms with E-state index in [1.165, 1.54) is 0 Å². The monoisotopic (exact) mass is 442 g/mol. The van der Waals surface area contributed by atoms with Crippen LogP contribution in [0.15, 0.2) is 89.9 Å². The van der Waals surface area contributed by atoms with Gasteiger partial charge >= 0.3 is 11.9 Å². The molecule has 6 heteroatoms. The molecule has 0 fully saturated rings. The molecule has 3 rings (SSSR count). The molecule has 0 atom stereocenters. The third kappa shape index (κ3) is 6.90. The number of nitrogens with zero attached hydrogens (tertiary/aromatic N) is 1. The Bertz CT molecular complexity index is 1120. The third-order valence-electron chi connectivity index (χ3n) is 4.60. The quantitative estimate of drug-likeness (QED) is 0.330. The second kappa shape index (κ2) is 12.0. The van der Waals surface area contributed by atoms with Crippen LogP contribution in [0.1, 0.15) is 40.1 Å². The summed E-state index contributed by atoms with van der Waals surface area (Å²) in [6.07, 6.45) is 3.57. The van der Waals surface area contributed by atoms with E-state index in [1.807, 2.05) is 48.5 Å². The Morgan fingerprint density at radius 2 is 1.30 bits per heavy atom. The zero-order valence-corrected chi connectivity index (χ0v) is 18.7. The van der Waals surface area contributed by atoms with Gasteiger partial charge in [-0.2, -0.15) is 0 Å². The summed E-state index contributed by atoms with van der Waals surface area (Å²) in [6, 6.07) is 23.9. The molecule has 0 radical (unpaired) electrons. The van der Waals surface area contributed by atoms with Crippen molar-refractivity contribution in [2.45, 2.75) is 13.8 Å². The van der Waals surface area contributed by atoms with Crippen LogP contribution in [0, 0.1) is 0 Å². The van der Waals surface area contributed by atoms with Crippen LogP contribution >= 0.6 is 0 Å². The van der Waals surface area contributed by atoms with Crippen molar-refractivity contribution in [1.29, 1.82) is 0 Å². The molecule has 0 saturated carbocycles. The molecule has 0 aliphatic heterocycles. The van der Waals surface area contributed by atoms with Gasteiger partial charge in [-0.3, -0.25) is 4.99 Å². The molecule has 0 spiro atoms. The highest BCUT2D eigenvalue weighted by atomic mass is 16.5. The SMILES string of the molecule is CCOC(=O)c1ccc(N=C/C=C(\Nc2ccc(C(=O)OCC)cc2)c2ccccc2)cc1. The van der Waals surface area contributed by atoms with Gasteiger partial charge in [-0.25, -0.2) is 9.59 Å². The van der Waals surface area contributed by atoms with Gasteiger partial charge in [0.05, 0.1) is 30.0 Å². The fraction of sp³-hybridized carbons (Fsp3) is 0.148. The van der Waals surface area contributed by atoms with E-state index in [4.69, 9.17) is 9.47 Å². The van der Waals surface area contributed by atoms with Crippen molar-refractivity contribution in [2.24, 2.45) is 4.99 Å². The highest BCUT2D eigenvalue weighted by Crippen LogP contribution is 2.20. The van der Waals surface area contributed by atoms with E-state index in [2.05, 4.69) is 10.3 Å². The fourth-order valence-corrected chi connectivity index (χ4v) is 2.98. The van der Waals surface area contributed by atoms with Gasteiger partial charge in [0.1, 0.15) is 0 Å². The average Bonchev–Trinajstić information content (AvgIpc) is 2.85. The number of hydrogen-bond acceptors (Lipinski definition) is 6. The molecular formula is C27H26N2O4. The minimum atomic E-state index is -0.350. The van der Waals surface area contributed by atoms with Gasteiger partial charge in [0.2, 0.25) is 0 Å². The van der Waals surface area contributed by atoms with Gasteiger partial charge < -0.3 is 14.8 Å². The van der Waals surface area contributed by atoms with Crippen LogP contribution in [-0.2, 0) is 9.47 Å². The maximum Gasteiger partial charge on any atom is 0.338 e. The highest BCUT2D eigenvalue weighted by molar-refractivity contribution is 5.92. The Balaban J connectivity index is 1.77. The highest BCUT2D eigenvalue weighted by Gasteiger charge is 2.07. The van der Waals surface area contributed by atoms with Crippen LogP contribution in [0.3, 0.4) is 0 Å². The van der Waals surface area contributed by atoms with E-state index >= 15 is 0 Å². The van der Waals surface area contributed by atoms with Crippen LogP contribution in [0.5, 0.6) is 0 Å². The Morgan fingerprint density at radius 1 is 0.758 bits per heavy atom. The standard InChI is InChI=1S/C27H26N2O4/c1-3-32-26(30)21-10-14-23(15-11-21)28-19-18-25(20-8-6-5-7-9-20)29-24-16-12-22(13-17-24)27(31)33-4-2/h5-19,29H,3-4H2,1-2H3/b25-18-,28-19?. The Labute approximate surface area is 193 Å². The molecular weight excluding hydrogens is 416 g/mol. The molecule has 33 heavy (non-hydrogen) atoms. The first kappa shape index (κ1) is 23.5. The number of nitrogens with one attached hydrogen (secondary N) is 1. The summed E-state index contributed by atoms with van der Waals surface area (Å²) < 4.78 is 10.0. The largest absolute Gasteiger partial charge is 0.462 e. The molecule has 0 aromatic heterocycles. The van der Waals surface area contributed by atoms with Crippen molar-refractivity contribution in [3.8, 4) is 0 Å². The lowest BCUT2D eigenvalue weighted by Crippen LogP contribution is -2.05. The number of carbonyl (C=O) groups excluding carboxylic acids is 2. The summed E-state index contributed by atoms with van der Waals surface area (Å²) in [5.41, 5.74) is 4.35. The van der Waals surface area contributed by atoms with Crippen molar-refractivity contribution in [3.63, 3.8) is 0 Å². The van der Waals surface area contributed by atoms with Crippen LogP contribution < -0.4 is 5.32 Å². The van der Waals surface area contributed by atoms with Crippen molar-refractivity contribution in [3.05, 3.63) is 102 Å². The Kier molecular flexibility index (Phi) is 8.54. The van der Waals surface area contributed by atoms with E-state index < -0.39 is 0 Å². The van der Waals surface area contributed by atoms with Crippen LogP contribution in [0.4, 0.5) is 11.4 Å². The minimum Gasteiger partial charge on any atom is -0.462 e. The maximum atomic E-state index is 11.9. The van der Waals surface area contributed by atoms with Crippen LogP contribution in [0.2, 0.25) is 0 Å². The summed E-state index contributed by atoms with van der Waals surface area (Å²) in [6.45, 7) is 4.23. The molecule has 3 aromatic rings. The normalized spacial score (nSPS) is 11.3. The number of allylic oxidation sites excluding steroid dienone is 1. The van der Waals surface area contributed by atoms with E-state index in [0.29, 0.717) is 30.0 Å². The molecule has 0 aliphatic rings. The van der Waals surface area contributed by atoms with Gasteiger partial charge in [-0.15, -0.1) is 0 Å². The maximum absolute atomic E-state index is 11.9. The molecule has 0 saturated heterocycles. The van der Waals surface area contributed by atoms with Crippen LogP contribution in [0.25, 0.3) is 5.70 Å². The molecule has 1 N–H and O–H groups in total. The number of esters is 2. The molecule has 168 valence electrons. The lowest BCUT2D eigenvalue weighted by molar-refractivity contribution is 0.0517. The number of rotatable bonds is 9. The van der Waals surface area contributed by atoms with Crippen molar-refractivity contribution in [1.82, 2.24) is 0 Å². The van der Waals surface area contributed by atoms with E-state index in [-0.39, 0.29) is 11.9 Å². The summed E-state index contributed by atoms with van der Waals surface area (Å²) in [5.74, 6) is -0.693. The minimum absolute atomic E-state index is 0.338. The predicted molar refractivity (Wildman–Crippen MR) is 131 cm³/mol. The van der Waals surface area contributed by atoms with Crippen molar-refractivity contribution >= 4 is 35.2 Å². The average molecular weight is 443 g/mol. The topological polar surface area (TPSA) is 77.0 Å². The lowest BCUT2D eigenvalue weighted by Gasteiger charge is -2.11. The van der Waals surface area contributed by atoms with E-state index in [1.54, 1.807) is 56.5 Å². The molecule has 0 heterocycles. The predicted octanol–water partition coefficient (Wildman–Crippen LogP) is 5.90. The smallest absolute Gasteiger partial charge is 0.338 e. The molecule has 0 bridgehead atoms. The second-order valence-corrected chi connectivity index (χ2v) is 6.91. The molecule has 6 nitrogen and oxygen atoms in total. The number of benzene rings is 3. The number of ether oxygens (including phenoxy) is 2. The summed E-state index contributed by atoms with van der Waals surface area (Å²) in [4.78, 5) is 28.1. The lowest BCUT2D eigenvalue weighted by atomic mass is 10.1. The third-order valence-corrected chi connectivity index (χ3v) is 4.60. The van der Waals surface area contributed by atoms with Gasteiger partial charge in [0.25, 0.3) is 0 Å². The van der Waals surface area contributed by atoms with E-state index in [0.717, 1.165) is 16.9 Å². The second-order valence-electron chi connectivity index (χ2n) is 6.91. The van der Waals surface area contributed by atoms with Gasteiger partial charge in [-0.1, -0.05) is 30.3 Å². The van der Waals surface area contributed by atoms with E-state index in [9.17, 15) is 9.59 Å². The summed E-state index contributed by atoms with van der Waals surface area (Å²) in [5, 5.41) is 3.37. The van der Waals surface area contributed by atoms with Gasteiger partial charge in [-0.05, 0) is 74.0 Å². The number of aliphatic imine (C=N–C) groups is 1. The Hall–Kier alpha value is -4.19. The Morgan fingerprint density at radius 3 is 1.85 bits per heavy atom. The molecule has 0 amide bonds. The zero-order chi connectivity index (χ0) is 23.5. The van der Waals surface area contributed by atoms with Crippen molar-refractivity contribution < 1.29 is 19.1 Å². The molecule has 3 aromatic carbocycles. The number of hydrogen-bond donors (Lipinski definition) is 1.